The van der Waals surface area contributed by atoms with Crippen molar-refractivity contribution in [3.63, 3.8) is 0 Å². The third kappa shape index (κ3) is 7.82. The van der Waals surface area contributed by atoms with Crippen LogP contribution in [0.4, 0.5) is 0 Å². The molecule has 6 N–H and O–H groups in total. The predicted molar refractivity (Wildman–Crippen MR) is 109 cm³/mol. The van der Waals surface area contributed by atoms with Crippen molar-refractivity contribution in [3.8, 4) is 0 Å². The molecule has 0 heterocycles. The molecule has 0 rings (SSSR count). The summed E-state index contributed by atoms with van der Waals surface area (Å²) in [7, 11) is 0. The number of carbonyl (C=O) groups excluding carboxylic acids is 2. The smallest absolute Gasteiger partial charge is 0.154 e. The van der Waals surface area contributed by atoms with Crippen LogP contribution in [0.1, 0.15) is 60.8 Å². The summed E-state index contributed by atoms with van der Waals surface area (Å²) in [5.74, 6) is -0.160. The molecule has 26 heavy (non-hydrogen) atoms. The lowest BCUT2D eigenvalue weighted by atomic mass is 9.64. The van der Waals surface area contributed by atoms with Gasteiger partial charge in [0, 0.05) is 23.9 Å². The van der Waals surface area contributed by atoms with Gasteiger partial charge in [0.05, 0.1) is 0 Å². The van der Waals surface area contributed by atoms with E-state index in [1.54, 1.807) is 0 Å². The molecule has 0 amide bonds. The minimum absolute atomic E-state index is 0.0346. The summed E-state index contributed by atoms with van der Waals surface area (Å²) in [4.78, 5) is 26.2. The van der Waals surface area contributed by atoms with Crippen molar-refractivity contribution in [2.45, 2.75) is 60.8 Å². The number of nitrogens with two attached hydrogens (primary N) is 2. The van der Waals surface area contributed by atoms with Crippen LogP contribution < -0.4 is 22.1 Å². The molecule has 0 atom stereocenters. The number of nitrogens with one attached hydrogen (secondary N) is 2. The zero-order valence-electron chi connectivity index (χ0n) is 17.8. The first-order valence-electron chi connectivity index (χ1n) is 9.85. The Morgan fingerprint density at radius 3 is 1.54 bits per heavy atom. The molecule has 0 saturated heterocycles. The van der Waals surface area contributed by atoms with Crippen LogP contribution in [0.25, 0.3) is 0 Å². The van der Waals surface area contributed by atoms with Gasteiger partial charge in [-0.25, -0.2) is 0 Å². The molecule has 0 radical (unpaired) electrons. The molecule has 0 aromatic rings. The highest BCUT2D eigenvalue weighted by Crippen LogP contribution is 2.35. The summed E-state index contributed by atoms with van der Waals surface area (Å²) in [6.45, 7) is 14.8. The highest BCUT2D eigenvalue weighted by Gasteiger charge is 2.51. The molecule has 6 nitrogen and oxygen atoms in total. The zero-order chi connectivity index (χ0) is 20.4. The topological polar surface area (TPSA) is 110 Å². The lowest BCUT2D eigenvalue weighted by molar-refractivity contribution is -0.149. The van der Waals surface area contributed by atoms with Gasteiger partial charge in [-0.05, 0) is 45.4 Å². The first-order chi connectivity index (χ1) is 11.9. The zero-order valence-corrected chi connectivity index (χ0v) is 17.8. The van der Waals surface area contributed by atoms with Gasteiger partial charge in [0.25, 0.3) is 0 Å². The summed E-state index contributed by atoms with van der Waals surface area (Å²) in [6.07, 6.45) is 3.00. The third-order valence-corrected chi connectivity index (χ3v) is 4.52. The van der Waals surface area contributed by atoms with Crippen molar-refractivity contribution in [2.75, 3.05) is 39.3 Å². The third-order valence-electron chi connectivity index (χ3n) is 4.52. The largest absolute Gasteiger partial charge is 0.330 e. The molecule has 0 aliphatic rings. The molecular formula is C20H42N4O2. The second-order valence-electron chi connectivity index (χ2n) is 9.22. The first kappa shape index (κ1) is 25.2. The Morgan fingerprint density at radius 2 is 1.15 bits per heavy atom. The average Bonchev–Trinajstić information content (AvgIpc) is 2.54. The maximum Gasteiger partial charge on any atom is 0.154 e. The van der Waals surface area contributed by atoms with Crippen molar-refractivity contribution in [1.29, 1.82) is 0 Å². The quantitative estimate of drug-likeness (QED) is 0.289. The molecule has 0 aromatic heterocycles. The maximum absolute atomic E-state index is 13.1. The van der Waals surface area contributed by atoms with Gasteiger partial charge in [0.1, 0.15) is 5.41 Å². The fourth-order valence-electron chi connectivity index (χ4n) is 3.11. The maximum atomic E-state index is 13.1. The van der Waals surface area contributed by atoms with Gasteiger partial charge < -0.3 is 22.1 Å². The number of hydrogen-bond acceptors (Lipinski definition) is 6. The van der Waals surface area contributed by atoms with E-state index in [2.05, 4.69) is 10.6 Å². The minimum atomic E-state index is -1.17. The standard InChI is InChI=1S/C20H42N4O2/c1-18(2,3)16(25)20(14-22,17(26)19(4,5)6)15-24-12-8-7-11-23-13-9-10-21/h23-24H,7-15,21-22H2,1-6H3. The van der Waals surface area contributed by atoms with Crippen LogP contribution in [-0.2, 0) is 9.59 Å². The Hall–Kier alpha value is -0.820. The van der Waals surface area contributed by atoms with Gasteiger partial charge in [0.15, 0.2) is 11.6 Å². The number of Topliss-reactive ketones (excluding diaryl/α,β-unsaturated/α-hetero) is 2. The molecule has 0 aliphatic heterocycles. The van der Waals surface area contributed by atoms with Crippen molar-refractivity contribution < 1.29 is 9.59 Å². The van der Waals surface area contributed by atoms with E-state index in [0.717, 1.165) is 38.9 Å². The first-order valence-corrected chi connectivity index (χ1v) is 9.85. The summed E-state index contributed by atoms with van der Waals surface area (Å²) in [5, 5.41) is 6.66. The molecule has 0 saturated carbocycles. The molecule has 0 spiro atoms. The fourth-order valence-corrected chi connectivity index (χ4v) is 3.11. The molecule has 6 heteroatoms. The number of ketones is 2. The van der Waals surface area contributed by atoms with Crippen molar-refractivity contribution in [1.82, 2.24) is 10.6 Å². The van der Waals surface area contributed by atoms with E-state index in [-0.39, 0.29) is 18.1 Å². The van der Waals surface area contributed by atoms with Crippen LogP contribution in [0.15, 0.2) is 0 Å². The Morgan fingerprint density at radius 1 is 0.731 bits per heavy atom. The number of rotatable bonds is 13. The van der Waals surface area contributed by atoms with Crippen LogP contribution in [0.2, 0.25) is 0 Å². The Bertz CT molecular complexity index is 410. The molecule has 0 aromatic carbocycles. The average molecular weight is 371 g/mol. The van der Waals surface area contributed by atoms with E-state index < -0.39 is 16.2 Å². The molecule has 154 valence electrons. The molecule has 0 fully saturated rings. The summed E-state index contributed by atoms with van der Waals surface area (Å²) < 4.78 is 0. The van der Waals surface area contributed by atoms with E-state index in [4.69, 9.17) is 11.5 Å². The van der Waals surface area contributed by atoms with Gasteiger partial charge in [-0.1, -0.05) is 41.5 Å². The van der Waals surface area contributed by atoms with Gasteiger partial charge in [0.2, 0.25) is 0 Å². The lowest BCUT2D eigenvalue weighted by Gasteiger charge is -2.39. The van der Waals surface area contributed by atoms with Crippen molar-refractivity contribution >= 4 is 11.6 Å². The van der Waals surface area contributed by atoms with E-state index >= 15 is 0 Å². The highest BCUT2D eigenvalue weighted by atomic mass is 16.2. The number of unbranched alkanes of at least 4 members (excludes halogenated alkanes) is 1. The second-order valence-corrected chi connectivity index (χ2v) is 9.22. The Balaban J connectivity index is 4.80. The van der Waals surface area contributed by atoms with Crippen LogP contribution in [0.5, 0.6) is 0 Å². The Labute approximate surface area is 160 Å². The minimum Gasteiger partial charge on any atom is -0.330 e. The number of hydrogen-bond donors (Lipinski definition) is 4. The van der Waals surface area contributed by atoms with E-state index in [9.17, 15) is 9.59 Å². The molecular weight excluding hydrogens is 328 g/mol. The summed E-state index contributed by atoms with van der Waals surface area (Å²) in [6, 6.07) is 0. The second kappa shape index (κ2) is 11.1. The van der Waals surface area contributed by atoms with Gasteiger partial charge >= 0.3 is 0 Å². The monoisotopic (exact) mass is 370 g/mol. The highest BCUT2D eigenvalue weighted by molar-refractivity contribution is 6.11. The fraction of sp³-hybridized carbons (Fsp3) is 0.900. The van der Waals surface area contributed by atoms with E-state index in [1.807, 2.05) is 41.5 Å². The van der Waals surface area contributed by atoms with Crippen molar-refractivity contribution in [3.05, 3.63) is 0 Å². The Kier molecular flexibility index (Phi) is 10.8. The normalized spacial score (nSPS) is 13.1. The molecule has 0 bridgehead atoms. The van der Waals surface area contributed by atoms with Crippen LogP contribution >= 0.6 is 0 Å². The summed E-state index contributed by atoms with van der Waals surface area (Å²) >= 11 is 0. The van der Waals surface area contributed by atoms with Gasteiger partial charge in [-0.3, -0.25) is 9.59 Å². The van der Waals surface area contributed by atoms with Crippen molar-refractivity contribution in [2.24, 2.45) is 27.7 Å². The molecule has 0 aliphatic carbocycles. The molecule has 0 unspecified atom stereocenters. The van der Waals surface area contributed by atoms with Crippen LogP contribution in [-0.4, -0.2) is 50.8 Å². The SMILES string of the molecule is CC(C)(C)C(=O)C(CN)(CNCCCCNCCCN)C(=O)C(C)(C)C. The van der Waals surface area contributed by atoms with E-state index in [1.165, 1.54) is 0 Å². The van der Waals surface area contributed by atoms with Crippen LogP contribution in [0, 0.1) is 16.2 Å². The number of carbonyl (C=O) groups is 2. The van der Waals surface area contributed by atoms with Crippen LogP contribution in [0.3, 0.4) is 0 Å². The summed E-state index contributed by atoms with van der Waals surface area (Å²) in [5.41, 5.74) is 9.06. The lowest BCUT2D eigenvalue weighted by Crippen LogP contribution is -2.58. The van der Waals surface area contributed by atoms with Gasteiger partial charge in [-0.2, -0.15) is 0 Å². The predicted octanol–water partition coefficient (Wildman–Crippen LogP) is 1.47. The van der Waals surface area contributed by atoms with Gasteiger partial charge in [-0.15, -0.1) is 0 Å². The van der Waals surface area contributed by atoms with E-state index in [0.29, 0.717) is 13.1 Å².